The first-order valence-electron chi connectivity index (χ1n) is 3.43. The first-order valence-corrected chi connectivity index (χ1v) is 3.43. The van der Waals surface area contributed by atoms with Crippen LogP contribution in [0.15, 0.2) is 23.5 Å². The highest BCUT2D eigenvalue weighted by molar-refractivity contribution is 5.28. The lowest BCUT2D eigenvalue weighted by molar-refractivity contribution is 0.268. The highest BCUT2D eigenvalue weighted by Crippen LogP contribution is 2.17. The van der Waals surface area contributed by atoms with Gasteiger partial charge in [-0.1, -0.05) is 6.08 Å². The van der Waals surface area contributed by atoms with Gasteiger partial charge in [0.25, 0.3) is 0 Å². The van der Waals surface area contributed by atoms with Crippen LogP contribution < -0.4 is 0 Å². The molecule has 0 fully saturated rings. The maximum atomic E-state index is 8.80. The van der Waals surface area contributed by atoms with E-state index in [2.05, 4.69) is 0 Å². The standard InChI is InChI=1S/C8H12O2/c1-10-8-5-3-2-4-7(8)6-9/h4-5,9H,2-3,6H2,1H3. The quantitative estimate of drug-likeness (QED) is 0.625. The van der Waals surface area contributed by atoms with E-state index in [9.17, 15) is 0 Å². The third kappa shape index (κ3) is 1.39. The van der Waals surface area contributed by atoms with Gasteiger partial charge in [0.2, 0.25) is 0 Å². The predicted octanol–water partition coefficient (Wildman–Crippen LogP) is 1.23. The molecule has 10 heavy (non-hydrogen) atoms. The number of aliphatic hydroxyl groups excluding tert-OH is 1. The maximum Gasteiger partial charge on any atom is 0.120 e. The van der Waals surface area contributed by atoms with Gasteiger partial charge in [-0.25, -0.2) is 0 Å². The molecule has 0 aromatic heterocycles. The van der Waals surface area contributed by atoms with E-state index in [4.69, 9.17) is 9.84 Å². The van der Waals surface area contributed by atoms with Gasteiger partial charge < -0.3 is 9.84 Å². The number of ether oxygens (including phenoxy) is 1. The fourth-order valence-electron chi connectivity index (χ4n) is 1.06. The van der Waals surface area contributed by atoms with E-state index in [1.807, 2.05) is 12.2 Å². The van der Waals surface area contributed by atoms with Gasteiger partial charge in [-0.2, -0.15) is 0 Å². The van der Waals surface area contributed by atoms with Crippen LogP contribution in [0.4, 0.5) is 0 Å². The first kappa shape index (κ1) is 7.35. The van der Waals surface area contributed by atoms with Crippen molar-refractivity contribution in [3.8, 4) is 0 Å². The topological polar surface area (TPSA) is 29.5 Å². The number of hydrogen-bond acceptors (Lipinski definition) is 2. The molecule has 0 atom stereocenters. The summed E-state index contributed by atoms with van der Waals surface area (Å²) in [4.78, 5) is 0. The van der Waals surface area contributed by atoms with Crippen molar-refractivity contribution in [1.29, 1.82) is 0 Å². The van der Waals surface area contributed by atoms with E-state index in [0.717, 1.165) is 24.2 Å². The number of methoxy groups -OCH3 is 1. The Morgan fingerprint density at radius 1 is 1.50 bits per heavy atom. The van der Waals surface area contributed by atoms with E-state index < -0.39 is 0 Å². The smallest absolute Gasteiger partial charge is 0.120 e. The summed E-state index contributed by atoms with van der Waals surface area (Å²) in [5.41, 5.74) is 0.911. The lowest BCUT2D eigenvalue weighted by Crippen LogP contribution is -2.00. The Morgan fingerprint density at radius 2 is 2.20 bits per heavy atom. The van der Waals surface area contributed by atoms with Crippen molar-refractivity contribution in [1.82, 2.24) is 0 Å². The zero-order valence-corrected chi connectivity index (χ0v) is 6.13. The van der Waals surface area contributed by atoms with Crippen molar-refractivity contribution in [2.75, 3.05) is 13.7 Å². The maximum absolute atomic E-state index is 8.80. The molecule has 0 aromatic rings. The van der Waals surface area contributed by atoms with Gasteiger partial charge in [0.05, 0.1) is 13.7 Å². The van der Waals surface area contributed by atoms with E-state index in [1.165, 1.54) is 0 Å². The summed E-state index contributed by atoms with van der Waals surface area (Å²) in [5.74, 6) is 0.828. The Bertz CT molecular complexity index is 148. The summed E-state index contributed by atoms with van der Waals surface area (Å²) in [6.07, 6.45) is 6.06. The van der Waals surface area contributed by atoms with Crippen molar-refractivity contribution in [3.05, 3.63) is 23.5 Å². The van der Waals surface area contributed by atoms with Crippen LogP contribution in [0.1, 0.15) is 12.8 Å². The monoisotopic (exact) mass is 140 g/mol. The van der Waals surface area contributed by atoms with E-state index in [-0.39, 0.29) is 6.61 Å². The molecule has 0 spiro atoms. The third-order valence-electron chi connectivity index (χ3n) is 1.59. The van der Waals surface area contributed by atoms with Crippen LogP contribution in [0.3, 0.4) is 0 Å². The Morgan fingerprint density at radius 3 is 2.70 bits per heavy atom. The first-order chi connectivity index (χ1) is 4.88. The molecule has 2 heteroatoms. The van der Waals surface area contributed by atoms with Crippen molar-refractivity contribution in [3.63, 3.8) is 0 Å². The molecular formula is C8H12O2. The normalized spacial score (nSPS) is 17.8. The molecule has 2 nitrogen and oxygen atoms in total. The minimum atomic E-state index is 0.0830. The molecule has 0 saturated carbocycles. The summed E-state index contributed by atoms with van der Waals surface area (Å²) >= 11 is 0. The summed E-state index contributed by atoms with van der Waals surface area (Å²) in [7, 11) is 1.63. The van der Waals surface area contributed by atoms with Gasteiger partial charge in [0, 0.05) is 5.57 Å². The molecule has 0 amide bonds. The molecular weight excluding hydrogens is 128 g/mol. The van der Waals surface area contributed by atoms with Crippen molar-refractivity contribution >= 4 is 0 Å². The molecule has 0 unspecified atom stereocenters. The van der Waals surface area contributed by atoms with Crippen molar-refractivity contribution in [2.24, 2.45) is 0 Å². The summed E-state index contributed by atoms with van der Waals surface area (Å²) in [6, 6.07) is 0. The van der Waals surface area contributed by atoms with Gasteiger partial charge in [0.1, 0.15) is 5.76 Å². The highest BCUT2D eigenvalue weighted by atomic mass is 16.5. The average Bonchev–Trinajstić information content (AvgIpc) is 2.04. The lowest BCUT2D eigenvalue weighted by atomic mass is 10.1. The molecule has 0 saturated heterocycles. The average molecular weight is 140 g/mol. The van der Waals surface area contributed by atoms with Crippen molar-refractivity contribution < 1.29 is 9.84 Å². The summed E-state index contributed by atoms with van der Waals surface area (Å²) in [6.45, 7) is 0.0830. The minimum absolute atomic E-state index is 0.0830. The van der Waals surface area contributed by atoms with Crippen LogP contribution in [0.2, 0.25) is 0 Å². The number of aliphatic hydroxyl groups is 1. The van der Waals surface area contributed by atoms with E-state index in [1.54, 1.807) is 7.11 Å². The largest absolute Gasteiger partial charge is 0.497 e. The lowest BCUT2D eigenvalue weighted by Gasteiger charge is -2.11. The second-order valence-electron chi connectivity index (χ2n) is 2.24. The van der Waals surface area contributed by atoms with Crippen LogP contribution >= 0.6 is 0 Å². The zero-order valence-electron chi connectivity index (χ0n) is 6.13. The number of hydrogen-bond donors (Lipinski definition) is 1. The second-order valence-corrected chi connectivity index (χ2v) is 2.24. The molecule has 1 N–H and O–H groups in total. The predicted molar refractivity (Wildman–Crippen MR) is 39.5 cm³/mol. The zero-order chi connectivity index (χ0) is 7.40. The van der Waals surface area contributed by atoms with Gasteiger partial charge in [-0.15, -0.1) is 0 Å². The highest BCUT2D eigenvalue weighted by Gasteiger charge is 2.06. The fraction of sp³-hybridized carbons (Fsp3) is 0.500. The Kier molecular flexibility index (Phi) is 2.51. The fourth-order valence-corrected chi connectivity index (χ4v) is 1.06. The van der Waals surface area contributed by atoms with Crippen LogP contribution in [0, 0.1) is 0 Å². The van der Waals surface area contributed by atoms with Gasteiger partial charge in [-0.3, -0.25) is 0 Å². The van der Waals surface area contributed by atoms with Gasteiger partial charge >= 0.3 is 0 Å². The number of rotatable bonds is 2. The Balaban J connectivity index is 2.67. The van der Waals surface area contributed by atoms with Crippen LogP contribution in [-0.4, -0.2) is 18.8 Å². The summed E-state index contributed by atoms with van der Waals surface area (Å²) < 4.78 is 5.03. The van der Waals surface area contributed by atoms with Gasteiger partial charge in [0.15, 0.2) is 0 Å². The molecule has 1 aliphatic rings. The van der Waals surface area contributed by atoms with Crippen LogP contribution in [-0.2, 0) is 4.74 Å². The van der Waals surface area contributed by atoms with E-state index >= 15 is 0 Å². The van der Waals surface area contributed by atoms with Crippen molar-refractivity contribution in [2.45, 2.75) is 12.8 Å². The molecule has 1 aliphatic carbocycles. The summed E-state index contributed by atoms with van der Waals surface area (Å²) in [5, 5.41) is 8.80. The number of allylic oxidation sites excluding steroid dienone is 2. The van der Waals surface area contributed by atoms with Crippen LogP contribution in [0.5, 0.6) is 0 Å². The molecule has 0 radical (unpaired) electrons. The molecule has 0 heterocycles. The Hall–Kier alpha value is -0.760. The van der Waals surface area contributed by atoms with Crippen LogP contribution in [0.25, 0.3) is 0 Å². The molecule has 56 valence electrons. The minimum Gasteiger partial charge on any atom is -0.497 e. The molecule has 0 bridgehead atoms. The molecule has 1 rings (SSSR count). The SMILES string of the molecule is COC1=CCCC=C1CO. The molecule has 0 aromatic carbocycles. The third-order valence-corrected chi connectivity index (χ3v) is 1.59. The van der Waals surface area contributed by atoms with Gasteiger partial charge in [-0.05, 0) is 18.9 Å². The Labute approximate surface area is 60.8 Å². The second kappa shape index (κ2) is 3.42. The molecule has 0 aliphatic heterocycles. The van der Waals surface area contributed by atoms with E-state index in [0.29, 0.717) is 0 Å².